The SMILES string of the molecule is O=C(Cc1ccc(OCCC2C[C@@H]2C2CCN(c3ncc(Cl)cn3)CC2)cc1F)N1Cc2cccnc2C1. The van der Waals surface area contributed by atoms with Gasteiger partial charge in [0.2, 0.25) is 11.9 Å². The highest BCUT2D eigenvalue weighted by Crippen LogP contribution is 2.49. The Morgan fingerprint density at radius 3 is 2.68 bits per heavy atom. The molecule has 7 nitrogen and oxygen atoms in total. The summed E-state index contributed by atoms with van der Waals surface area (Å²) in [4.78, 5) is 29.7. The predicted molar refractivity (Wildman–Crippen MR) is 142 cm³/mol. The third-order valence-electron chi connectivity index (χ3n) is 8.17. The molecule has 1 saturated heterocycles. The van der Waals surface area contributed by atoms with Crippen LogP contribution in [0.25, 0.3) is 0 Å². The number of aromatic nitrogens is 3. The molecule has 3 aliphatic rings. The van der Waals surface area contributed by atoms with Crippen LogP contribution in [0.1, 0.15) is 42.5 Å². The average molecular weight is 536 g/mol. The van der Waals surface area contributed by atoms with Crippen molar-refractivity contribution in [3.8, 4) is 5.75 Å². The van der Waals surface area contributed by atoms with Crippen LogP contribution in [0.2, 0.25) is 5.02 Å². The number of fused-ring (bicyclic) bond motifs is 1. The van der Waals surface area contributed by atoms with E-state index in [0.717, 1.165) is 61.4 Å². The lowest BCUT2D eigenvalue weighted by atomic mass is 9.90. The van der Waals surface area contributed by atoms with Crippen molar-refractivity contribution in [2.75, 3.05) is 24.6 Å². The minimum atomic E-state index is -0.397. The maximum Gasteiger partial charge on any atom is 0.227 e. The van der Waals surface area contributed by atoms with Gasteiger partial charge in [-0.3, -0.25) is 9.78 Å². The molecule has 4 heterocycles. The van der Waals surface area contributed by atoms with Gasteiger partial charge in [-0.15, -0.1) is 0 Å². The van der Waals surface area contributed by atoms with Crippen LogP contribution in [0.4, 0.5) is 10.3 Å². The van der Waals surface area contributed by atoms with Crippen molar-refractivity contribution >= 4 is 23.5 Å². The first-order chi connectivity index (χ1) is 18.5. The van der Waals surface area contributed by atoms with Crippen molar-refractivity contribution in [2.24, 2.45) is 17.8 Å². The van der Waals surface area contributed by atoms with E-state index in [0.29, 0.717) is 41.9 Å². The number of hydrogen-bond donors (Lipinski definition) is 0. The Hall–Kier alpha value is -3.26. The lowest BCUT2D eigenvalue weighted by Gasteiger charge is -2.32. The molecule has 2 fully saturated rings. The molecular weight excluding hydrogens is 505 g/mol. The third kappa shape index (κ3) is 5.60. The Bertz CT molecular complexity index is 1270. The van der Waals surface area contributed by atoms with Crippen molar-refractivity contribution < 1.29 is 13.9 Å². The van der Waals surface area contributed by atoms with E-state index in [-0.39, 0.29) is 12.3 Å². The van der Waals surface area contributed by atoms with Crippen molar-refractivity contribution in [1.82, 2.24) is 19.9 Å². The van der Waals surface area contributed by atoms with Crippen LogP contribution in [-0.2, 0) is 24.3 Å². The van der Waals surface area contributed by atoms with E-state index in [1.54, 1.807) is 35.6 Å². The molecule has 0 N–H and O–H groups in total. The van der Waals surface area contributed by atoms with Crippen molar-refractivity contribution in [3.05, 3.63) is 76.6 Å². The van der Waals surface area contributed by atoms with E-state index in [1.807, 2.05) is 12.1 Å². The van der Waals surface area contributed by atoms with Crippen LogP contribution < -0.4 is 9.64 Å². The summed E-state index contributed by atoms with van der Waals surface area (Å²) in [7, 11) is 0. The third-order valence-corrected chi connectivity index (χ3v) is 8.37. The Labute approximate surface area is 227 Å². The smallest absolute Gasteiger partial charge is 0.227 e. The Kier molecular flexibility index (Phi) is 7.15. The molecule has 6 rings (SSSR count). The van der Waals surface area contributed by atoms with Crippen LogP contribution in [0.3, 0.4) is 0 Å². The Morgan fingerprint density at radius 1 is 1.11 bits per heavy atom. The molecule has 1 unspecified atom stereocenters. The number of carbonyl (C=O) groups is 1. The average Bonchev–Trinajstić information content (AvgIpc) is 3.57. The number of ether oxygens (including phenoxy) is 1. The fraction of sp³-hybridized carbons (Fsp3) is 0.448. The second kappa shape index (κ2) is 10.8. The molecule has 1 aromatic carbocycles. The standard InChI is InChI=1S/C29H31ClFN5O2/c30-23-15-33-29(34-16-23)35-9-5-19(6-10-35)25-12-20(25)7-11-38-24-4-3-21(26(31)14-24)13-28(37)36-17-22-2-1-8-32-27(22)18-36/h1-4,8,14-16,19-20,25H,5-7,9-13,17-18H2/t20?,25-/m1/s1. The van der Waals surface area contributed by atoms with Crippen LogP contribution in [0, 0.1) is 23.6 Å². The van der Waals surface area contributed by atoms with E-state index in [9.17, 15) is 9.18 Å². The van der Waals surface area contributed by atoms with Crippen LogP contribution in [-0.4, -0.2) is 45.5 Å². The van der Waals surface area contributed by atoms with Crippen LogP contribution >= 0.6 is 11.6 Å². The van der Waals surface area contributed by atoms with E-state index in [4.69, 9.17) is 16.3 Å². The second-order valence-electron chi connectivity index (χ2n) is 10.6. The Balaban J connectivity index is 0.922. The van der Waals surface area contributed by atoms with Gasteiger partial charge in [-0.2, -0.15) is 0 Å². The molecular formula is C29H31ClFN5O2. The highest BCUT2D eigenvalue weighted by molar-refractivity contribution is 6.30. The van der Waals surface area contributed by atoms with Gasteiger partial charge in [-0.25, -0.2) is 14.4 Å². The zero-order chi connectivity index (χ0) is 26.1. The van der Waals surface area contributed by atoms with Gasteiger partial charge in [0.1, 0.15) is 11.6 Å². The minimum Gasteiger partial charge on any atom is -0.493 e. The van der Waals surface area contributed by atoms with Gasteiger partial charge >= 0.3 is 0 Å². The Morgan fingerprint density at radius 2 is 1.92 bits per heavy atom. The summed E-state index contributed by atoms with van der Waals surface area (Å²) in [6, 6.07) is 8.69. The number of benzene rings is 1. The topological polar surface area (TPSA) is 71.5 Å². The van der Waals surface area contributed by atoms with Gasteiger partial charge in [0.05, 0.1) is 42.7 Å². The first kappa shape index (κ1) is 25.0. The molecule has 3 aromatic rings. The summed E-state index contributed by atoms with van der Waals surface area (Å²) in [5, 5.41) is 0.558. The van der Waals surface area contributed by atoms with Gasteiger partial charge in [0.25, 0.3) is 0 Å². The zero-order valence-electron chi connectivity index (χ0n) is 21.2. The van der Waals surface area contributed by atoms with Crippen molar-refractivity contribution in [3.63, 3.8) is 0 Å². The molecule has 0 bridgehead atoms. The number of halogens is 2. The monoisotopic (exact) mass is 535 g/mol. The molecule has 38 heavy (non-hydrogen) atoms. The summed E-state index contributed by atoms with van der Waals surface area (Å²) >= 11 is 5.90. The number of pyridine rings is 1. The first-order valence-corrected chi connectivity index (χ1v) is 13.8. The van der Waals surface area contributed by atoms with Gasteiger partial charge in [-0.05, 0) is 66.7 Å². The summed E-state index contributed by atoms with van der Waals surface area (Å²) in [5.41, 5.74) is 2.37. The zero-order valence-corrected chi connectivity index (χ0v) is 22.0. The number of amides is 1. The molecule has 198 valence electrons. The first-order valence-electron chi connectivity index (χ1n) is 13.4. The molecule has 2 aliphatic heterocycles. The molecule has 2 atom stereocenters. The number of anilines is 1. The van der Waals surface area contributed by atoms with Crippen molar-refractivity contribution in [2.45, 2.75) is 45.2 Å². The normalized spacial score (nSPS) is 20.9. The minimum absolute atomic E-state index is 0.0345. The summed E-state index contributed by atoms with van der Waals surface area (Å²) in [5.74, 6) is 2.95. The molecule has 0 spiro atoms. The molecule has 2 aromatic heterocycles. The fourth-order valence-electron chi connectivity index (χ4n) is 5.92. The number of carbonyl (C=O) groups excluding carboxylic acids is 1. The van der Waals surface area contributed by atoms with E-state index >= 15 is 0 Å². The molecule has 1 saturated carbocycles. The van der Waals surface area contributed by atoms with E-state index in [2.05, 4.69) is 19.9 Å². The summed E-state index contributed by atoms with van der Waals surface area (Å²) in [6.45, 7) is 3.54. The second-order valence-corrected chi connectivity index (χ2v) is 11.0. The number of hydrogen-bond acceptors (Lipinski definition) is 6. The van der Waals surface area contributed by atoms with Crippen LogP contribution in [0.15, 0.2) is 48.9 Å². The van der Waals surface area contributed by atoms with Gasteiger partial charge in [-0.1, -0.05) is 23.7 Å². The molecule has 1 amide bonds. The fourth-order valence-corrected chi connectivity index (χ4v) is 6.01. The maximum absolute atomic E-state index is 14.8. The highest BCUT2D eigenvalue weighted by Gasteiger charge is 2.43. The largest absolute Gasteiger partial charge is 0.493 e. The lowest BCUT2D eigenvalue weighted by Crippen LogP contribution is -2.35. The van der Waals surface area contributed by atoms with Gasteiger partial charge in [0, 0.05) is 31.9 Å². The molecule has 1 aliphatic carbocycles. The van der Waals surface area contributed by atoms with Crippen LogP contribution in [0.5, 0.6) is 5.75 Å². The number of rotatable bonds is 8. The predicted octanol–water partition coefficient (Wildman–Crippen LogP) is 5.07. The quantitative estimate of drug-likeness (QED) is 0.401. The molecule has 0 radical (unpaired) electrons. The van der Waals surface area contributed by atoms with Crippen molar-refractivity contribution in [1.29, 1.82) is 0 Å². The number of nitrogens with zero attached hydrogens (tertiary/aromatic N) is 5. The summed E-state index contributed by atoms with van der Waals surface area (Å²) in [6.07, 6.45) is 9.60. The van der Waals surface area contributed by atoms with E-state index < -0.39 is 5.82 Å². The lowest BCUT2D eigenvalue weighted by molar-refractivity contribution is -0.131. The van der Waals surface area contributed by atoms with E-state index in [1.165, 1.54) is 12.5 Å². The van der Waals surface area contributed by atoms with Gasteiger partial charge < -0.3 is 14.5 Å². The maximum atomic E-state index is 14.8. The molecule has 9 heteroatoms. The highest BCUT2D eigenvalue weighted by atomic mass is 35.5. The number of piperidine rings is 1. The van der Waals surface area contributed by atoms with Gasteiger partial charge in [0.15, 0.2) is 0 Å². The summed E-state index contributed by atoms with van der Waals surface area (Å²) < 4.78 is 20.6.